The zero-order chi connectivity index (χ0) is 40.0. The van der Waals surface area contributed by atoms with Crippen LogP contribution in [-0.2, 0) is 54.1 Å². The fourth-order valence-corrected chi connectivity index (χ4v) is 7.31. The molecular formula is C44H61N3O10. The van der Waals surface area contributed by atoms with E-state index in [2.05, 4.69) is 17.2 Å². The summed E-state index contributed by atoms with van der Waals surface area (Å²) in [6.45, 7) is 11.3. The number of hydrogen-bond donors (Lipinski definition) is 1. The highest BCUT2D eigenvalue weighted by atomic mass is 16.6. The van der Waals surface area contributed by atoms with E-state index in [1.165, 1.54) is 0 Å². The monoisotopic (exact) mass is 791 g/mol. The molecular weight excluding hydrogens is 730 g/mol. The molecule has 13 heteroatoms. The minimum atomic E-state index is -0.0696. The zero-order valence-electron chi connectivity index (χ0n) is 33.6. The van der Waals surface area contributed by atoms with Crippen molar-refractivity contribution < 1.29 is 47.5 Å². The van der Waals surface area contributed by atoms with Gasteiger partial charge < -0.3 is 48.3 Å². The van der Waals surface area contributed by atoms with Crippen LogP contribution < -0.4 is 10.2 Å². The molecule has 0 unspecified atom stereocenters. The number of fused-ring (bicyclic) bond motifs is 2. The largest absolute Gasteiger partial charge is 0.379 e. The second kappa shape index (κ2) is 24.8. The summed E-state index contributed by atoms with van der Waals surface area (Å²) in [7, 11) is 0. The molecule has 0 bridgehead atoms. The van der Waals surface area contributed by atoms with E-state index in [-0.39, 0.29) is 42.0 Å². The summed E-state index contributed by atoms with van der Waals surface area (Å²) in [5.41, 5.74) is 3.63. The fourth-order valence-electron chi connectivity index (χ4n) is 7.31. The van der Waals surface area contributed by atoms with Gasteiger partial charge in [0.25, 0.3) is 0 Å². The van der Waals surface area contributed by atoms with Gasteiger partial charge in [0, 0.05) is 55.1 Å². The van der Waals surface area contributed by atoms with Crippen LogP contribution in [0.3, 0.4) is 0 Å². The molecule has 1 spiro atoms. The highest BCUT2D eigenvalue weighted by Gasteiger charge is 2.47. The van der Waals surface area contributed by atoms with Gasteiger partial charge in [-0.3, -0.25) is 14.4 Å². The van der Waals surface area contributed by atoms with Crippen LogP contribution in [0.25, 0.3) is 0 Å². The fraction of sp³-hybridized carbons (Fsp3) is 0.614. The predicted octanol–water partition coefficient (Wildman–Crippen LogP) is 3.98. The lowest BCUT2D eigenvalue weighted by Gasteiger charge is -2.53. The Hall–Kier alpha value is -3.87. The number of nitrogens with one attached hydrogen (secondary N) is 1. The van der Waals surface area contributed by atoms with Crippen molar-refractivity contribution in [1.82, 2.24) is 10.2 Å². The SMILES string of the molecule is CCOCCOCCOCCOCCOCCOCCOCCC(=O)N1CC2(CCC(C(=O)NCCC(=O)N3Cc4ccccc4C#Cc4ccccc43)CC2)C1. The third-order valence-corrected chi connectivity index (χ3v) is 10.5. The Labute approximate surface area is 337 Å². The van der Waals surface area contributed by atoms with Crippen molar-refractivity contribution in [2.45, 2.75) is 52.0 Å². The lowest BCUT2D eigenvalue weighted by molar-refractivity contribution is -0.149. The van der Waals surface area contributed by atoms with Crippen molar-refractivity contribution in [1.29, 1.82) is 0 Å². The summed E-state index contributed by atoms with van der Waals surface area (Å²) in [6.07, 6.45) is 3.98. The van der Waals surface area contributed by atoms with Crippen molar-refractivity contribution >= 4 is 23.4 Å². The van der Waals surface area contributed by atoms with E-state index in [1.807, 2.05) is 60.4 Å². The first-order valence-electron chi connectivity index (χ1n) is 20.6. The van der Waals surface area contributed by atoms with Gasteiger partial charge in [-0.15, -0.1) is 0 Å². The number of benzene rings is 2. The van der Waals surface area contributed by atoms with Crippen LogP contribution in [0.2, 0.25) is 0 Å². The van der Waals surface area contributed by atoms with Gasteiger partial charge in [-0.2, -0.15) is 0 Å². The van der Waals surface area contributed by atoms with Crippen LogP contribution in [-0.4, -0.2) is 135 Å². The molecule has 0 radical (unpaired) electrons. The molecule has 5 rings (SSSR count). The molecule has 2 aliphatic heterocycles. The number of rotatable bonds is 26. The second-order valence-electron chi connectivity index (χ2n) is 14.6. The lowest BCUT2D eigenvalue weighted by atomic mass is 9.65. The van der Waals surface area contributed by atoms with Gasteiger partial charge >= 0.3 is 0 Å². The highest BCUT2D eigenvalue weighted by Crippen LogP contribution is 2.45. The molecule has 2 heterocycles. The maximum atomic E-state index is 13.5. The van der Waals surface area contributed by atoms with E-state index < -0.39 is 0 Å². The van der Waals surface area contributed by atoms with Crippen molar-refractivity contribution in [2.75, 3.05) is 117 Å². The number of nitrogens with zero attached hydrogens (tertiary/aromatic N) is 2. The summed E-state index contributed by atoms with van der Waals surface area (Å²) in [5, 5.41) is 3.03. The highest BCUT2D eigenvalue weighted by molar-refractivity contribution is 5.95. The second-order valence-corrected chi connectivity index (χ2v) is 14.6. The van der Waals surface area contributed by atoms with Gasteiger partial charge in [0.15, 0.2) is 0 Å². The van der Waals surface area contributed by atoms with Crippen LogP contribution in [0, 0.1) is 23.2 Å². The van der Waals surface area contributed by atoms with E-state index in [0.717, 1.165) is 61.2 Å². The molecule has 3 aliphatic rings. The zero-order valence-corrected chi connectivity index (χ0v) is 33.6. The average molecular weight is 792 g/mol. The van der Waals surface area contributed by atoms with Crippen molar-refractivity contribution in [3.8, 4) is 11.8 Å². The summed E-state index contributed by atoms with van der Waals surface area (Å²) in [6, 6.07) is 15.6. The van der Waals surface area contributed by atoms with Gasteiger partial charge in [-0.1, -0.05) is 42.2 Å². The van der Waals surface area contributed by atoms with Crippen LogP contribution in [0.15, 0.2) is 48.5 Å². The quantitative estimate of drug-likeness (QED) is 0.110. The molecule has 1 aliphatic carbocycles. The molecule has 2 aromatic carbocycles. The smallest absolute Gasteiger partial charge is 0.229 e. The van der Waals surface area contributed by atoms with Gasteiger partial charge in [-0.25, -0.2) is 0 Å². The molecule has 13 nitrogen and oxygen atoms in total. The number of ether oxygens (including phenoxy) is 7. The minimum Gasteiger partial charge on any atom is -0.379 e. The molecule has 57 heavy (non-hydrogen) atoms. The molecule has 1 saturated heterocycles. The van der Waals surface area contributed by atoms with Crippen LogP contribution in [0.4, 0.5) is 5.69 Å². The number of likely N-dealkylation sites (tertiary alicyclic amines) is 1. The minimum absolute atomic E-state index is 0.0115. The number of carbonyl (C=O) groups is 3. The number of amides is 3. The van der Waals surface area contributed by atoms with Crippen LogP contribution in [0.1, 0.15) is 62.1 Å². The molecule has 1 N–H and O–H groups in total. The molecule has 312 valence electrons. The first-order valence-corrected chi connectivity index (χ1v) is 20.6. The Morgan fingerprint density at radius 3 is 1.75 bits per heavy atom. The Kier molecular flexibility index (Phi) is 19.2. The average Bonchev–Trinajstić information content (AvgIpc) is 3.21. The van der Waals surface area contributed by atoms with Crippen molar-refractivity contribution in [3.63, 3.8) is 0 Å². The van der Waals surface area contributed by atoms with E-state index >= 15 is 0 Å². The Bertz CT molecular complexity index is 1590. The normalized spacial score (nSPS) is 15.8. The van der Waals surface area contributed by atoms with Gasteiger partial charge in [-0.05, 0) is 56.4 Å². The van der Waals surface area contributed by atoms with Crippen LogP contribution in [0.5, 0.6) is 0 Å². The number of anilines is 1. The predicted molar refractivity (Wildman–Crippen MR) is 215 cm³/mol. The van der Waals surface area contributed by atoms with Crippen molar-refractivity contribution in [3.05, 3.63) is 65.2 Å². The maximum Gasteiger partial charge on any atom is 0.229 e. The lowest BCUT2D eigenvalue weighted by Crippen LogP contribution is -2.60. The number of carbonyl (C=O) groups excluding carboxylic acids is 3. The Morgan fingerprint density at radius 2 is 1.16 bits per heavy atom. The summed E-state index contributed by atoms with van der Waals surface area (Å²) < 4.78 is 38.2. The van der Waals surface area contributed by atoms with E-state index in [9.17, 15) is 14.4 Å². The standard InChI is InChI=1S/C44H61N3O10/c1-2-51-21-22-53-25-26-55-29-30-57-32-31-56-28-27-54-24-23-52-20-16-41(48)46-34-44(35-46)17-13-38(14-18-44)43(50)45-19-15-42(49)47-33-39-9-4-3-7-36(39)11-12-37-8-5-6-10-40(37)47/h3-10,38H,2,13-35H2,1H3,(H,45,50). The van der Waals surface area contributed by atoms with Crippen molar-refractivity contribution in [2.24, 2.45) is 11.3 Å². The summed E-state index contributed by atoms with van der Waals surface area (Å²) in [4.78, 5) is 43.1. The third kappa shape index (κ3) is 14.8. The first-order chi connectivity index (χ1) is 28.0. The Balaban J connectivity index is 0.836. The molecule has 0 aromatic heterocycles. The first kappa shape index (κ1) is 44.2. The molecule has 1 saturated carbocycles. The van der Waals surface area contributed by atoms with E-state index in [1.54, 1.807) is 4.90 Å². The Morgan fingerprint density at radius 1 is 0.649 bits per heavy atom. The molecule has 2 aromatic rings. The van der Waals surface area contributed by atoms with Crippen LogP contribution >= 0.6 is 0 Å². The third-order valence-electron chi connectivity index (χ3n) is 10.5. The van der Waals surface area contributed by atoms with E-state index in [4.69, 9.17) is 33.2 Å². The molecule has 3 amide bonds. The summed E-state index contributed by atoms with van der Waals surface area (Å²) >= 11 is 0. The number of hydrogen-bond acceptors (Lipinski definition) is 10. The van der Waals surface area contributed by atoms with Gasteiger partial charge in [0.1, 0.15) is 0 Å². The van der Waals surface area contributed by atoms with Gasteiger partial charge in [0.05, 0.1) is 105 Å². The number of para-hydroxylation sites is 1. The van der Waals surface area contributed by atoms with E-state index in [0.29, 0.717) is 105 Å². The molecule has 0 atom stereocenters. The maximum absolute atomic E-state index is 13.5. The molecule has 2 fully saturated rings. The topological polar surface area (TPSA) is 134 Å². The van der Waals surface area contributed by atoms with Gasteiger partial charge in [0.2, 0.25) is 17.7 Å². The summed E-state index contributed by atoms with van der Waals surface area (Å²) in [5.74, 6) is 6.47.